The standard InChI is InChI=1S/C33H25N2/c1-22-20-29-26-16-8-6-14-24(26)25-15-7-9-17-27(25)30(29)21-28(22)33-34(2)31-18-10-11-19-32(31)35(33)23-12-4-3-5-13-23/h3-21H,1-2H3/q+1. The van der Waals surface area contributed by atoms with Crippen molar-refractivity contribution in [3.8, 4) is 17.1 Å². The molecule has 0 spiro atoms. The summed E-state index contributed by atoms with van der Waals surface area (Å²) in [6.07, 6.45) is 0. The first-order valence-corrected chi connectivity index (χ1v) is 12.1. The maximum absolute atomic E-state index is 2.41. The second-order valence-electron chi connectivity index (χ2n) is 9.35. The zero-order chi connectivity index (χ0) is 23.5. The number of aryl methyl sites for hydroxylation is 2. The molecule has 0 aliphatic heterocycles. The van der Waals surface area contributed by atoms with Crippen LogP contribution >= 0.6 is 0 Å². The Bertz CT molecular complexity index is 1910. The van der Waals surface area contributed by atoms with Gasteiger partial charge in [0.05, 0.1) is 12.6 Å². The van der Waals surface area contributed by atoms with E-state index in [0.29, 0.717) is 0 Å². The fraction of sp³-hybridized carbons (Fsp3) is 0.0606. The van der Waals surface area contributed by atoms with E-state index in [-0.39, 0.29) is 0 Å². The van der Waals surface area contributed by atoms with Crippen LogP contribution < -0.4 is 4.57 Å². The highest BCUT2D eigenvalue weighted by Crippen LogP contribution is 2.39. The summed E-state index contributed by atoms with van der Waals surface area (Å²) in [4.78, 5) is 0. The van der Waals surface area contributed by atoms with Crippen LogP contribution in [0.25, 0.3) is 60.4 Å². The second-order valence-corrected chi connectivity index (χ2v) is 9.35. The second kappa shape index (κ2) is 7.54. The zero-order valence-electron chi connectivity index (χ0n) is 19.9. The van der Waals surface area contributed by atoms with Gasteiger partial charge in [0.25, 0.3) is 5.82 Å². The number of rotatable bonds is 2. The van der Waals surface area contributed by atoms with E-state index in [1.807, 2.05) is 0 Å². The third kappa shape index (κ3) is 2.87. The molecule has 0 unspecified atom stereocenters. The Morgan fingerprint density at radius 3 is 1.71 bits per heavy atom. The fourth-order valence-electron chi connectivity index (χ4n) is 5.75. The van der Waals surface area contributed by atoms with Gasteiger partial charge in [0.15, 0.2) is 11.0 Å². The number of aromatic nitrogens is 2. The van der Waals surface area contributed by atoms with Crippen molar-refractivity contribution < 1.29 is 4.57 Å². The third-order valence-corrected chi connectivity index (χ3v) is 7.36. The van der Waals surface area contributed by atoms with Gasteiger partial charge in [-0.25, -0.2) is 4.57 Å². The molecule has 0 radical (unpaired) electrons. The largest absolute Gasteiger partial charge is 0.295 e. The van der Waals surface area contributed by atoms with Crippen LogP contribution in [0.3, 0.4) is 0 Å². The number of imidazole rings is 1. The van der Waals surface area contributed by atoms with Crippen molar-refractivity contribution in [1.29, 1.82) is 0 Å². The van der Waals surface area contributed by atoms with Crippen molar-refractivity contribution in [2.24, 2.45) is 7.05 Å². The highest BCUT2D eigenvalue weighted by atomic mass is 15.2. The lowest BCUT2D eigenvalue weighted by molar-refractivity contribution is -0.633. The molecule has 35 heavy (non-hydrogen) atoms. The molecule has 0 fully saturated rings. The molecule has 0 saturated heterocycles. The molecule has 1 aromatic heterocycles. The van der Waals surface area contributed by atoms with Crippen molar-refractivity contribution in [2.45, 2.75) is 6.92 Å². The number of benzene rings is 6. The summed E-state index contributed by atoms with van der Waals surface area (Å²) in [7, 11) is 2.18. The Morgan fingerprint density at radius 1 is 0.543 bits per heavy atom. The molecule has 0 bridgehead atoms. The van der Waals surface area contributed by atoms with Gasteiger partial charge in [0, 0.05) is 0 Å². The van der Waals surface area contributed by atoms with Gasteiger partial charge < -0.3 is 0 Å². The van der Waals surface area contributed by atoms with Gasteiger partial charge in [-0.2, -0.15) is 4.57 Å². The van der Waals surface area contributed by atoms with Gasteiger partial charge >= 0.3 is 0 Å². The normalized spacial score (nSPS) is 11.7. The van der Waals surface area contributed by atoms with Gasteiger partial charge in [0.2, 0.25) is 0 Å². The lowest BCUT2D eigenvalue weighted by atomic mass is 9.91. The summed E-state index contributed by atoms with van der Waals surface area (Å²) in [6.45, 7) is 2.24. The number of hydrogen-bond donors (Lipinski definition) is 0. The van der Waals surface area contributed by atoms with Crippen molar-refractivity contribution in [3.63, 3.8) is 0 Å². The molecule has 0 saturated carbocycles. The number of para-hydroxylation sites is 3. The Kier molecular flexibility index (Phi) is 4.31. The topological polar surface area (TPSA) is 8.81 Å². The molecule has 0 atom stereocenters. The first-order valence-electron chi connectivity index (χ1n) is 12.1. The predicted octanol–water partition coefficient (Wildman–Crippen LogP) is 7.89. The van der Waals surface area contributed by atoms with Crippen molar-refractivity contribution in [3.05, 3.63) is 121 Å². The predicted molar refractivity (Wildman–Crippen MR) is 147 cm³/mol. The minimum absolute atomic E-state index is 1.17. The molecule has 6 aromatic carbocycles. The summed E-state index contributed by atoms with van der Waals surface area (Å²) in [5, 5.41) is 7.83. The summed E-state index contributed by atoms with van der Waals surface area (Å²) in [5.74, 6) is 1.19. The van der Waals surface area contributed by atoms with E-state index >= 15 is 0 Å². The summed E-state index contributed by atoms with van der Waals surface area (Å²) in [6, 6.07) is 41.7. The molecule has 2 heteroatoms. The van der Waals surface area contributed by atoms with E-state index in [4.69, 9.17) is 0 Å². The van der Waals surface area contributed by atoms with Gasteiger partial charge in [-0.3, -0.25) is 0 Å². The molecule has 1 heterocycles. The van der Waals surface area contributed by atoms with E-state index < -0.39 is 0 Å². The fourth-order valence-corrected chi connectivity index (χ4v) is 5.75. The molecule has 7 rings (SSSR count). The van der Waals surface area contributed by atoms with Crippen LogP contribution in [0.2, 0.25) is 0 Å². The van der Waals surface area contributed by atoms with Gasteiger partial charge in [0.1, 0.15) is 5.69 Å². The molecule has 0 amide bonds. The summed E-state index contributed by atoms with van der Waals surface area (Å²) < 4.78 is 4.73. The molecule has 166 valence electrons. The van der Waals surface area contributed by atoms with Crippen LogP contribution in [-0.4, -0.2) is 4.57 Å². The van der Waals surface area contributed by atoms with Crippen molar-refractivity contribution >= 4 is 43.4 Å². The maximum atomic E-state index is 2.41. The quantitative estimate of drug-likeness (QED) is 0.187. The lowest BCUT2D eigenvalue weighted by Gasteiger charge is -2.13. The molecule has 0 aliphatic rings. The Balaban J connectivity index is 1.65. The molecule has 2 nitrogen and oxygen atoms in total. The van der Waals surface area contributed by atoms with Crippen LogP contribution in [0.15, 0.2) is 115 Å². The molecular formula is C33H25N2+. The third-order valence-electron chi connectivity index (χ3n) is 7.36. The van der Waals surface area contributed by atoms with Crippen molar-refractivity contribution in [2.75, 3.05) is 0 Å². The van der Waals surface area contributed by atoms with Gasteiger partial charge in [-0.15, -0.1) is 0 Å². The van der Waals surface area contributed by atoms with E-state index in [1.165, 1.54) is 66.0 Å². The average molecular weight is 450 g/mol. The van der Waals surface area contributed by atoms with E-state index in [0.717, 1.165) is 0 Å². The summed E-state index contributed by atoms with van der Waals surface area (Å²) in [5.41, 5.74) is 6.12. The number of fused-ring (bicyclic) bond motifs is 7. The molecule has 0 aliphatic carbocycles. The molecule has 7 aromatic rings. The van der Waals surface area contributed by atoms with E-state index in [1.54, 1.807) is 0 Å². The van der Waals surface area contributed by atoms with Gasteiger partial charge in [-0.1, -0.05) is 78.9 Å². The van der Waals surface area contributed by atoms with Crippen LogP contribution in [-0.2, 0) is 7.05 Å². The number of hydrogen-bond acceptors (Lipinski definition) is 0. The zero-order valence-corrected chi connectivity index (χ0v) is 19.9. The highest BCUT2D eigenvalue weighted by molar-refractivity contribution is 6.25. The van der Waals surface area contributed by atoms with E-state index in [9.17, 15) is 0 Å². The maximum Gasteiger partial charge on any atom is 0.295 e. The van der Waals surface area contributed by atoms with Crippen molar-refractivity contribution in [1.82, 2.24) is 4.57 Å². The monoisotopic (exact) mass is 449 g/mol. The number of nitrogens with zero attached hydrogens (tertiary/aromatic N) is 2. The lowest BCUT2D eigenvalue weighted by Crippen LogP contribution is -2.30. The van der Waals surface area contributed by atoms with E-state index in [2.05, 4.69) is 138 Å². The molecular weight excluding hydrogens is 424 g/mol. The van der Waals surface area contributed by atoms with Crippen LogP contribution in [0.4, 0.5) is 0 Å². The first-order chi connectivity index (χ1) is 17.2. The van der Waals surface area contributed by atoms with Gasteiger partial charge in [-0.05, 0) is 81.2 Å². The van der Waals surface area contributed by atoms with Crippen LogP contribution in [0, 0.1) is 6.92 Å². The Morgan fingerprint density at radius 2 is 1.06 bits per heavy atom. The average Bonchev–Trinajstić information content (AvgIpc) is 3.21. The minimum atomic E-state index is 1.17. The molecule has 0 N–H and O–H groups in total. The SMILES string of the molecule is Cc1cc2c3ccccc3c3ccccc3c2cc1-c1n(-c2ccccc2)c2ccccc2[n+]1C. The first kappa shape index (κ1) is 20.0. The summed E-state index contributed by atoms with van der Waals surface area (Å²) >= 11 is 0. The Labute approximate surface area is 204 Å². The van der Waals surface area contributed by atoms with Crippen LogP contribution in [0.1, 0.15) is 5.56 Å². The Hall–Kier alpha value is -4.43. The minimum Gasteiger partial charge on any atom is -0.225 e. The highest BCUT2D eigenvalue weighted by Gasteiger charge is 2.27. The van der Waals surface area contributed by atoms with Crippen LogP contribution in [0.5, 0.6) is 0 Å². The smallest absolute Gasteiger partial charge is 0.225 e.